The summed E-state index contributed by atoms with van der Waals surface area (Å²) in [6.45, 7) is 5.22. The van der Waals surface area contributed by atoms with E-state index in [9.17, 15) is 9.59 Å². The van der Waals surface area contributed by atoms with E-state index in [4.69, 9.17) is 9.47 Å². The Kier molecular flexibility index (Phi) is 5.39. The smallest absolute Gasteiger partial charge is 0.228 e. The van der Waals surface area contributed by atoms with Gasteiger partial charge < -0.3 is 19.3 Å². The average molecular weight is 360 g/mol. The van der Waals surface area contributed by atoms with Crippen LogP contribution < -0.4 is 9.47 Å². The van der Waals surface area contributed by atoms with Crippen molar-refractivity contribution in [3.05, 3.63) is 23.8 Å². The zero-order valence-electron chi connectivity index (χ0n) is 16.0. The molecule has 2 atom stereocenters. The number of benzene rings is 1. The van der Waals surface area contributed by atoms with Gasteiger partial charge in [0.1, 0.15) is 11.5 Å². The van der Waals surface area contributed by atoms with Crippen LogP contribution in [0.15, 0.2) is 18.2 Å². The van der Waals surface area contributed by atoms with Crippen LogP contribution in [-0.2, 0) is 9.59 Å². The number of methoxy groups -OCH3 is 2. The first-order valence-corrected chi connectivity index (χ1v) is 9.28. The minimum absolute atomic E-state index is 0.0317. The van der Waals surface area contributed by atoms with Crippen molar-refractivity contribution < 1.29 is 19.1 Å². The Morgan fingerprint density at radius 1 is 1.23 bits per heavy atom. The number of hydrogen-bond acceptors (Lipinski definition) is 4. The summed E-state index contributed by atoms with van der Waals surface area (Å²) in [5.74, 6) is 1.42. The quantitative estimate of drug-likeness (QED) is 0.810. The van der Waals surface area contributed by atoms with Crippen molar-refractivity contribution in [1.82, 2.24) is 9.80 Å². The summed E-state index contributed by atoms with van der Waals surface area (Å²) in [6, 6.07) is 5.80. The maximum absolute atomic E-state index is 13.2. The highest BCUT2D eigenvalue weighted by Crippen LogP contribution is 2.40. The van der Waals surface area contributed by atoms with E-state index >= 15 is 0 Å². The molecule has 142 valence electrons. The van der Waals surface area contributed by atoms with E-state index in [0.29, 0.717) is 13.0 Å². The van der Waals surface area contributed by atoms with Crippen LogP contribution in [0, 0.1) is 5.92 Å². The molecule has 0 radical (unpaired) electrons. The fourth-order valence-electron chi connectivity index (χ4n) is 4.08. The summed E-state index contributed by atoms with van der Waals surface area (Å²) in [6.07, 6.45) is 2.16. The van der Waals surface area contributed by atoms with Gasteiger partial charge in [-0.3, -0.25) is 9.59 Å². The maximum atomic E-state index is 13.2. The number of ether oxygens (including phenoxy) is 2. The summed E-state index contributed by atoms with van der Waals surface area (Å²) < 4.78 is 10.9. The predicted molar refractivity (Wildman–Crippen MR) is 98.2 cm³/mol. The van der Waals surface area contributed by atoms with Crippen molar-refractivity contribution in [3.63, 3.8) is 0 Å². The van der Waals surface area contributed by atoms with E-state index in [1.165, 1.54) is 0 Å². The molecular formula is C20H28N2O4. The second-order valence-corrected chi connectivity index (χ2v) is 7.34. The zero-order chi connectivity index (χ0) is 18.8. The number of rotatable bonds is 5. The first kappa shape index (κ1) is 18.5. The number of likely N-dealkylation sites (tertiary alicyclic amines) is 2. The summed E-state index contributed by atoms with van der Waals surface area (Å²) in [5, 5.41) is 0. The van der Waals surface area contributed by atoms with Crippen LogP contribution in [0.3, 0.4) is 0 Å². The molecule has 2 aliphatic heterocycles. The Balaban J connectivity index is 1.83. The van der Waals surface area contributed by atoms with Crippen LogP contribution in [-0.4, -0.2) is 55.0 Å². The second kappa shape index (κ2) is 7.56. The van der Waals surface area contributed by atoms with Gasteiger partial charge in [0.15, 0.2) is 0 Å². The summed E-state index contributed by atoms with van der Waals surface area (Å²) in [4.78, 5) is 29.1. The lowest BCUT2D eigenvalue weighted by atomic mass is 10.0. The van der Waals surface area contributed by atoms with Crippen molar-refractivity contribution >= 4 is 11.8 Å². The molecule has 2 heterocycles. The van der Waals surface area contributed by atoms with Crippen molar-refractivity contribution in [2.45, 2.75) is 45.2 Å². The molecule has 1 aromatic carbocycles. The zero-order valence-corrected chi connectivity index (χ0v) is 16.0. The summed E-state index contributed by atoms with van der Waals surface area (Å²) >= 11 is 0. The molecule has 26 heavy (non-hydrogen) atoms. The highest BCUT2D eigenvalue weighted by atomic mass is 16.5. The van der Waals surface area contributed by atoms with E-state index in [2.05, 4.69) is 0 Å². The molecule has 6 heteroatoms. The Bertz CT molecular complexity index is 688. The second-order valence-electron chi connectivity index (χ2n) is 7.34. The van der Waals surface area contributed by atoms with Gasteiger partial charge in [0, 0.05) is 31.1 Å². The highest BCUT2D eigenvalue weighted by molar-refractivity contribution is 5.89. The monoisotopic (exact) mass is 360 g/mol. The molecular weight excluding hydrogens is 332 g/mol. The van der Waals surface area contributed by atoms with E-state index in [-0.39, 0.29) is 29.8 Å². The molecule has 0 saturated carbocycles. The van der Waals surface area contributed by atoms with Crippen LogP contribution in [0.5, 0.6) is 11.5 Å². The highest BCUT2D eigenvalue weighted by Gasteiger charge is 2.41. The first-order chi connectivity index (χ1) is 12.5. The van der Waals surface area contributed by atoms with Crippen LogP contribution in [0.1, 0.15) is 44.7 Å². The fraction of sp³-hybridized carbons (Fsp3) is 0.600. The molecule has 0 bridgehead atoms. The normalized spacial score (nSPS) is 23.0. The van der Waals surface area contributed by atoms with Gasteiger partial charge >= 0.3 is 0 Å². The molecule has 0 spiro atoms. The third kappa shape index (κ3) is 3.37. The van der Waals surface area contributed by atoms with Crippen molar-refractivity contribution in [1.29, 1.82) is 0 Å². The van der Waals surface area contributed by atoms with E-state index in [0.717, 1.165) is 36.4 Å². The predicted octanol–water partition coefficient (Wildman–Crippen LogP) is 2.62. The number of amides is 2. The van der Waals surface area contributed by atoms with Crippen molar-refractivity contribution in [2.24, 2.45) is 5.92 Å². The topological polar surface area (TPSA) is 59.1 Å². The molecule has 3 rings (SSSR count). The van der Waals surface area contributed by atoms with Crippen LogP contribution in [0.25, 0.3) is 0 Å². The summed E-state index contributed by atoms with van der Waals surface area (Å²) in [7, 11) is 3.27. The standard InChI is InChI=1S/C20H28N2O4/c1-13(2)22-12-14(10-19(22)23)20(24)21-9-5-6-17(21)16-11-15(25-3)7-8-18(16)26-4/h7-8,11,13-14,17H,5-6,9-10,12H2,1-4H3/t14-,17+/m1/s1. The lowest BCUT2D eigenvalue weighted by Gasteiger charge is -2.29. The molecule has 2 amide bonds. The molecule has 2 fully saturated rings. The molecule has 0 N–H and O–H groups in total. The Labute approximate surface area is 155 Å². The van der Waals surface area contributed by atoms with Gasteiger partial charge in [-0.2, -0.15) is 0 Å². The van der Waals surface area contributed by atoms with E-state index in [1.54, 1.807) is 19.1 Å². The Hall–Kier alpha value is -2.24. The molecule has 1 aromatic rings. The minimum Gasteiger partial charge on any atom is -0.497 e. The minimum atomic E-state index is -0.248. The average Bonchev–Trinajstić information content (AvgIpc) is 3.27. The third-order valence-electron chi connectivity index (χ3n) is 5.46. The van der Waals surface area contributed by atoms with E-state index in [1.807, 2.05) is 36.9 Å². The molecule has 6 nitrogen and oxygen atoms in total. The molecule has 0 unspecified atom stereocenters. The lowest BCUT2D eigenvalue weighted by Crippen LogP contribution is -2.38. The van der Waals surface area contributed by atoms with Gasteiger partial charge in [0.25, 0.3) is 0 Å². The van der Waals surface area contributed by atoms with Crippen LogP contribution >= 0.6 is 0 Å². The molecule has 2 aliphatic rings. The van der Waals surface area contributed by atoms with Crippen LogP contribution in [0.2, 0.25) is 0 Å². The molecule has 2 saturated heterocycles. The lowest BCUT2D eigenvalue weighted by molar-refractivity contribution is -0.136. The van der Waals surface area contributed by atoms with Crippen LogP contribution in [0.4, 0.5) is 0 Å². The van der Waals surface area contributed by atoms with Gasteiger partial charge in [-0.25, -0.2) is 0 Å². The number of hydrogen-bond donors (Lipinski definition) is 0. The SMILES string of the molecule is COc1ccc(OC)c([C@@H]2CCCN2C(=O)[C@@H]2CC(=O)N(C(C)C)C2)c1. The number of carbonyl (C=O) groups is 2. The Morgan fingerprint density at radius 2 is 2.00 bits per heavy atom. The van der Waals surface area contributed by atoms with Crippen molar-refractivity contribution in [2.75, 3.05) is 27.3 Å². The fourth-order valence-corrected chi connectivity index (χ4v) is 4.08. The largest absolute Gasteiger partial charge is 0.497 e. The molecule has 0 aliphatic carbocycles. The Morgan fingerprint density at radius 3 is 2.62 bits per heavy atom. The maximum Gasteiger partial charge on any atom is 0.228 e. The number of carbonyl (C=O) groups excluding carboxylic acids is 2. The number of nitrogens with zero attached hydrogens (tertiary/aromatic N) is 2. The molecule has 0 aromatic heterocycles. The van der Waals surface area contributed by atoms with E-state index < -0.39 is 0 Å². The third-order valence-corrected chi connectivity index (χ3v) is 5.46. The van der Waals surface area contributed by atoms with Gasteiger partial charge in [-0.15, -0.1) is 0 Å². The van der Waals surface area contributed by atoms with Crippen molar-refractivity contribution in [3.8, 4) is 11.5 Å². The van der Waals surface area contributed by atoms with Gasteiger partial charge in [0.2, 0.25) is 11.8 Å². The first-order valence-electron chi connectivity index (χ1n) is 9.28. The summed E-state index contributed by atoms with van der Waals surface area (Å²) in [5.41, 5.74) is 0.975. The van der Waals surface area contributed by atoms with Gasteiger partial charge in [-0.05, 0) is 44.9 Å². The van der Waals surface area contributed by atoms with Gasteiger partial charge in [-0.1, -0.05) is 0 Å². The van der Waals surface area contributed by atoms with Gasteiger partial charge in [0.05, 0.1) is 26.2 Å².